The van der Waals surface area contributed by atoms with Crippen molar-refractivity contribution in [2.24, 2.45) is 5.92 Å². The number of nitrogens with one attached hydrogen (secondary N) is 2. The zero-order valence-corrected chi connectivity index (χ0v) is 14.4. The van der Waals surface area contributed by atoms with Crippen molar-refractivity contribution in [1.82, 2.24) is 10.2 Å². The first-order chi connectivity index (χ1) is 12.4. The number of benzene rings is 1. The number of carbonyl (C=O) groups is 1. The second-order valence-electron chi connectivity index (χ2n) is 6.78. The van der Waals surface area contributed by atoms with Gasteiger partial charge in [-0.2, -0.15) is 18.3 Å². The largest absolute Gasteiger partial charge is 0.433 e. The number of halogens is 3. The molecule has 1 aromatic heterocycles. The molecule has 1 heterocycles. The van der Waals surface area contributed by atoms with Gasteiger partial charge >= 0.3 is 6.18 Å². The monoisotopic (exact) mass is 365 g/mol. The van der Waals surface area contributed by atoms with Crippen LogP contribution in [0, 0.1) is 5.92 Å². The van der Waals surface area contributed by atoms with E-state index in [9.17, 15) is 18.0 Å². The number of alkyl halides is 3. The van der Waals surface area contributed by atoms with Crippen LogP contribution in [0.2, 0.25) is 0 Å². The Morgan fingerprint density at radius 2 is 1.85 bits per heavy atom. The number of hydrogen-bond acceptors (Lipinski definition) is 2. The molecule has 1 saturated carbocycles. The second-order valence-corrected chi connectivity index (χ2v) is 6.78. The van der Waals surface area contributed by atoms with Crippen LogP contribution in [-0.4, -0.2) is 16.1 Å². The van der Waals surface area contributed by atoms with Gasteiger partial charge in [0.2, 0.25) is 5.91 Å². The lowest BCUT2D eigenvalue weighted by molar-refractivity contribution is -0.140. The van der Waals surface area contributed by atoms with Gasteiger partial charge < -0.3 is 5.32 Å². The first kappa shape index (κ1) is 18.5. The summed E-state index contributed by atoms with van der Waals surface area (Å²) in [5.74, 6) is 0.165. The minimum Gasteiger partial charge on any atom is -0.309 e. The highest BCUT2D eigenvalue weighted by Gasteiger charge is 2.38. The van der Waals surface area contributed by atoms with E-state index in [2.05, 4.69) is 10.4 Å². The van der Waals surface area contributed by atoms with E-state index in [1.54, 1.807) is 30.3 Å². The molecule has 1 aromatic carbocycles. The highest BCUT2D eigenvalue weighted by molar-refractivity contribution is 5.94. The molecule has 7 heteroatoms. The van der Waals surface area contributed by atoms with Gasteiger partial charge in [-0.05, 0) is 17.9 Å². The van der Waals surface area contributed by atoms with Gasteiger partial charge in [0, 0.05) is 6.42 Å². The Hall–Kier alpha value is -2.31. The summed E-state index contributed by atoms with van der Waals surface area (Å²) in [6.07, 6.45) is 2.37. The maximum Gasteiger partial charge on any atom is 0.433 e. The van der Waals surface area contributed by atoms with E-state index < -0.39 is 11.9 Å². The fourth-order valence-corrected chi connectivity index (χ4v) is 3.53. The average Bonchev–Trinajstić information content (AvgIpc) is 3.05. The summed E-state index contributed by atoms with van der Waals surface area (Å²) in [6.45, 7) is 0. The molecule has 1 fully saturated rings. The van der Waals surface area contributed by atoms with Crippen molar-refractivity contribution >= 4 is 11.7 Å². The molecule has 0 radical (unpaired) electrons. The predicted molar refractivity (Wildman–Crippen MR) is 93.5 cm³/mol. The molecule has 1 aliphatic carbocycles. The molecule has 2 N–H and O–H groups in total. The lowest BCUT2D eigenvalue weighted by Gasteiger charge is -2.20. The minimum absolute atomic E-state index is 0.0721. The van der Waals surface area contributed by atoms with Crippen molar-refractivity contribution in [2.45, 2.75) is 51.1 Å². The van der Waals surface area contributed by atoms with Gasteiger partial charge in [-0.25, -0.2) is 0 Å². The van der Waals surface area contributed by atoms with Gasteiger partial charge in [0.15, 0.2) is 5.82 Å². The maximum atomic E-state index is 13.3. The number of carbonyl (C=O) groups excluding carboxylic acids is 1. The van der Waals surface area contributed by atoms with Crippen molar-refractivity contribution < 1.29 is 18.0 Å². The molecular formula is C19H22F3N3O. The van der Waals surface area contributed by atoms with Crippen LogP contribution in [0.15, 0.2) is 30.3 Å². The topological polar surface area (TPSA) is 57.8 Å². The molecule has 1 amide bonds. The van der Waals surface area contributed by atoms with Crippen LogP contribution in [0.4, 0.5) is 19.0 Å². The Balaban J connectivity index is 1.75. The first-order valence-electron chi connectivity index (χ1n) is 8.96. The van der Waals surface area contributed by atoms with Crippen molar-refractivity contribution in [3.05, 3.63) is 36.0 Å². The summed E-state index contributed by atoms with van der Waals surface area (Å²) in [5, 5.41) is 8.31. The predicted octanol–water partition coefficient (Wildman–Crippen LogP) is 5.39. The van der Waals surface area contributed by atoms with Crippen molar-refractivity contribution in [3.63, 3.8) is 0 Å². The standard InChI is InChI=1S/C19H22F3N3O/c20-19(21,22)17-16(14-9-5-2-6-10-14)18(25-24-17)23-15(26)12-11-13-7-3-1-4-8-13/h2,5-6,9-10,13H,1,3-4,7-8,11-12H2,(H2,23,24,25,26). The Labute approximate surface area is 150 Å². The molecule has 0 unspecified atom stereocenters. The van der Waals surface area contributed by atoms with Gasteiger partial charge in [0.05, 0.1) is 5.56 Å². The summed E-state index contributed by atoms with van der Waals surface area (Å²) in [7, 11) is 0. The van der Waals surface area contributed by atoms with E-state index in [1.165, 1.54) is 19.3 Å². The van der Waals surface area contributed by atoms with E-state index in [-0.39, 0.29) is 17.3 Å². The SMILES string of the molecule is O=C(CCC1CCCCC1)Nc1n[nH]c(C(F)(F)F)c1-c1ccccc1. The number of nitrogens with zero attached hydrogens (tertiary/aromatic N) is 1. The molecule has 140 valence electrons. The lowest BCUT2D eigenvalue weighted by Crippen LogP contribution is -2.15. The minimum atomic E-state index is -4.58. The van der Waals surface area contributed by atoms with Crippen LogP contribution >= 0.6 is 0 Å². The summed E-state index contributed by atoms with van der Waals surface area (Å²) >= 11 is 0. The van der Waals surface area contributed by atoms with Gasteiger partial charge in [-0.1, -0.05) is 62.4 Å². The summed E-state index contributed by atoms with van der Waals surface area (Å²) in [5.41, 5.74) is -0.716. The smallest absolute Gasteiger partial charge is 0.309 e. The zero-order chi connectivity index (χ0) is 18.6. The molecule has 4 nitrogen and oxygen atoms in total. The molecular weight excluding hydrogens is 343 g/mol. The molecule has 0 spiro atoms. The maximum absolute atomic E-state index is 13.3. The summed E-state index contributed by atoms with van der Waals surface area (Å²) in [4.78, 5) is 12.3. The van der Waals surface area contributed by atoms with E-state index in [0.717, 1.165) is 19.3 Å². The number of aromatic amines is 1. The van der Waals surface area contributed by atoms with Crippen LogP contribution in [0.1, 0.15) is 50.6 Å². The molecule has 2 aromatic rings. The van der Waals surface area contributed by atoms with Gasteiger partial charge in [-0.3, -0.25) is 9.89 Å². The first-order valence-corrected chi connectivity index (χ1v) is 8.96. The third-order valence-corrected chi connectivity index (χ3v) is 4.87. The third kappa shape index (κ3) is 4.45. The normalized spacial score (nSPS) is 15.8. The third-order valence-electron chi connectivity index (χ3n) is 4.87. The van der Waals surface area contributed by atoms with E-state index in [4.69, 9.17) is 0 Å². The van der Waals surface area contributed by atoms with Crippen LogP contribution in [0.25, 0.3) is 11.1 Å². The van der Waals surface area contributed by atoms with Gasteiger partial charge in [0.25, 0.3) is 0 Å². The summed E-state index contributed by atoms with van der Waals surface area (Å²) < 4.78 is 39.9. The molecule has 0 bridgehead atoms. The highest BCUT2D eigenvalue weighted by atomic mass is 19.4. The van der Waals surface area contributed by atoms with Crippen molar-refractivity contribution in [2.75, 3.05) is 5.32 Å². The van der Waals surface area contributed by atoms with Gasteiger partial charge in [-0.15, -0.1) is 0 Å². The molecule has 1 aliphatic rings. The second kappa shape index (κ2) is 7.93. The Kier molecular flexibility index (Phi) is 5.64. The lowest BCUT2D eigenvalue weighted by atomic mass is 9.86. The number of H-pyrrole nitrogens is 1. The number of anilines is 1. The van der Waals surface area contributed by atoms with E-state index >= 15 is 0 Å². The Morgan fingerprint density at radius 1 is 1.15 bits per heavy atom. The Bertz CT molecular complexity index is 734. The number of aromatic nitrogens is 2. The average molecular weight is 365 g/mol. The number of amides is 1. The van der Waals surface area contributed by atoms with Crippen molar-refractivity contribution in [1.29, 1.82) is 0 Å². The molecule has 0 saturated heterocycles. The molecule has 26 heavy (non-hydrogen) atoms. The fraction of sp³-hybridized carbons (Fsp3) is 0.474. The van der Waals surface area contributed by atoms with E-state index in [0.29, 0.717) is 17.9 Å². The fourth-order valence-electron chi connectivity index (χ4n) is 3.53. The van der Waals surface area contributed by atoms with Crippen LogP contribution < -0.4 is 5.32 Å². The molecule has 3 rings (SSSR count). The molecule has 0 aliphatic heterocycles. The number of rotatable bonds is 5. The number of hydrogen-bond donors (Lipinski definition) is 2. The van der Waals surface area contributed by atoms with Crippen molar-refractivity contribution in [3.8, 4) is 11.1 Å². The molecule has 0 atom stereocenters. The highest BCUT2D eigenvalue weighted by Crippen LogP contribution is 2.39. The van der Waals surface area contributed by atoms with E-state index in [1.807, 2.05) is 5.10 Å². The van der Waals surface area contributed by atoms with Crippen LogP contribution in [0.3, 0.4) is 0 Å². The van der Waals surface area contributed by atoms with Crippen LogP contribution in [-0.2, 0) is 11.0 Å². The quantitative estimate of drug-likeness (QED) is 0.746. The Morgan fingerprint density at radius 3 is 2.50 bits per heavy atom. The van der Waals surface area contributed by atoms with Gasteiger partial charge in [0.1, 0.15) is 5.69 Å². The zero-order valence-electron chi connectivity index (χ0n) is 14.4. The van der Waals surface area contributed by atoms with Crippen LogP contribution in [0.5, 0.6) is 0 Å². The summed E-state index contributed by atoms with van der Waals surface area (Å²) in [6, 6.07) is 8.16.